The molecule has 2 aromatic rings. The van der Waals surface area contributed by atoms with Gasteiger partial charge in [0.05, 0.1) is 6.61 Å². The molecule has 0 aliphatic carbocycles. The first-order valence-electron chi connectivity index (χ1n) is 7.00. The predicted molar refractivity (Wildman–Crippen MR) is 92.9 cm³/mol. The van der Waals surface area contributed by atoms with Gasteiger partial charge in [-0.05, 0) is 53.7 Å². The second-order valence-electron chi connectivity index (χ2n) is 4.90. The normalized spacial score (nSPS) is 12.6. The molecule has 2 rings (SSSR count). The molecule has 1 aromatic heterocycles. The van der Waals surface area contributed by atoms with E-state index < -0.39 is 0 Å². The van der Waals surface area contributed by atoms with Gasteiger partial charge in [0.25, 0.3) is 0 Å². The molecule has 0 aliphatic heterocycles. The Morgan fingerprint density at radius 3 is 2.57 bits per heavy atom. The number of ether oxygens (including phenoxy) is 1. The van der Waals surface area contributed by atoms with Crippen molar-refractivity contribution in [3.63, 3.8) is 0 Å². The van der Waals surface area contributed by atoms with Crippen LogP contribution in [0.25, 0.3) is 0 Å². The molecule has 1 heterocycles. The molecule has 0 bridgehead atoms. The predicted octanol–water partition coefficient (Wildman–Crippen LogP) is 4.04. The Morgan fingerprint density at radius 1 is 1.33 bits per heavy atom. The van der Waals surface area contributed by atoms with E-state index in [0.717, 1.165) is 16.8 Å². The standard InChI is InChI=1S/C16H21BrN2OS/c1-3-20-14-6-4-12(5-7-14)16(9-18)19(2)10-15-8-13(17)11-21-15/h4-8,11,16H,3,9-10,18H2,1-2H3. The van der Waals surface area contributed by atoms with Crippen LogP contribution in [0, 0.1) is 0 Å². The minimum atomic E-state index is 0.210. The number of hydrogen-bond donors (Lipinski definition) is 1. The lowest BCUT2D eigenvalue weighted by atomic mass is 10.1. The zero-order valence-corrected chi connectivity index (χ0v) is 14.8. The van der Waals surface area contributed by atoms with Gasteiger partial charge in [-0.15, -0.1) is 11.3 Å². The Labute approximate surface area is 138 Å². The fourth-order valence-corrected chi connectivity index (χ4v) is 3.83. The van der Waals surface area contributed by atoms with Crippen LogP contribution in [0.1, 0.15) is 23.4 Å². The van der Waals surface area contributed by atoms with Gasteiger partial charge in [-0.2, -0.15) is 0 Å². The second kappa shape index (κ2) is 7.94. The molecular formula is C16H21BrN2OS. The maximum absolute atomic E-state index is 5.98. The van der Waals surface area contributed by atoms with E-state index >= 15 is 0 Å². The van der Waals surface area contributed by atoms with Gasteiger partial charge in [-0.3, -0.25) is 4.90 Å². The lowest BCUT2D eigenvalue weighted by molar-refractivity contribution is 0.243. The minimum absolute atomic E-state index is 0.210. The smallest absolute Gasteiger partial charge is 0.119 e. The van der Waals surface area contributed by atoms with Crippen LogP contribution in [-0.2, 0) is 6.54 Å². The van der Waals surface area contributed by atoms with Gasteiger partial charge >= 0.3 is 0 Å². The van der Waals surface area contributed by atoms with E-state index in [0.29, 0.717) is 13.2 Å². The van der Waals surface area contributed by atoms with Gasteiger partial charge in [0.15, 0.2) is 0 Å². The molecule has 114 valence electrons. The third-order valence-electron chi connectivity index (χ3n) is 3.36. The Balaban J connectivity index is 2.07. The highest BCUT2D eigenvalue weighted by atomic mass is 79.9. The summed E-state index contributed by atoms with van der Waals surface area (Å²) >= 11 is 5.26. The monoisotopic (exact) mass is 368 g/mol. The van der Waals surface area contributed by atoms with Crippen molar-refractivity contribution in [1.82, 2.24) is 4.90 Å². The largest absolute Gasteiger partial charge is 0.494 e. The number of nitrogens with zero attached hydrogens (tertiary/aromatic N) is 1. The molecule has 2 N–H and O–H groups in total. The molecular weight excluding hydrogens is 348 g/mol. The summed E-state index contributed by atoms with van der Waals surface area (Å²) in [6, 6.07) is 10.6. The maximum Gasteiger partial charge on any atom is 0.119 e. The van der Waals surface area contributed by atoms with Gasteiger partial charge < -0.3 is 10.5 Å². The summed E-state index contributed by atoms with van der Waals surface area (Å²) in [4.78, 5) is 3.61. The van der Waals surface area contributed by atoms with E-state index in [9.17, 15) is 0 Å². The second-order valence-corrected chi connectivity index (χ2v) is 6.81. The summed E-state index contributed by atoms with van der Waals surface area (Å²) in [6.45, 7) is 4.17. The van der Waals surface area contributed by atoms with E-state index in [2.05, 4.69) is 51.5 Å². The highest BCUT2D eigenvalue weighted by Gasteiger charge is 2.16. The summed E-state index contributed by atoms with van der Waals surface area (Å²) in [6.07, 6.45) is 0. The number of hydrogen-bond acceptors (Lipinski definition) is 4. The van der Waals surface area contributed by atoms with E-state index in [-0.39, 0.29) is 6.04 Å². The summed E-state index contributed by atoms with van der Waals surface area (Å²) in [5.41, 5.74) is 7.20. The van der Waals surface area contributed by atoms with Gasteiger partial charge in [-0.25, -0.2) is 0 Å². The zero-order chi connectivity index (χ0) is 15.2. The van der Waals surface area contributed by atoms with Crippen LogP contribution in [0.5, 0.6) is 5.75 Å². The topological polar surface area (TPSA) is 38.5 Å². The van der Waals surface area contributed by atoms with Crippen molar-refractivity contribution >= 4 is 27.3 Å². The number of rotatable bonds is 7. The zero-order valence-electron chi connectivity index (χ0n) is 12.4. The minimum Gasteiger partial charge on any atom is -0.494 e. The summed E-state index contributed by atoms with van der Waals surface area (Å²) in [5, 5.41) is 2.11. The Morgan fingerprint density at radius 2 is 2.05 bits per heavy atom. The van der Waals surface area contributed by atoms with Gasteiger partial charge in [0, 0.05) is 33.9 Å². The summed E-state index contributed by atoms with van der Waals surface area (Å²) < 4.78 is 6.62. The highest BCUT2D eigenvalue weighted by molar-refractivity contribution is 9.10. The van der Waals surface area contributed by atoms with Gasteiger partial charge in [0.2, 0.25) is 0 Å². The molecule has 21 heavy (non-hydrogen) atoms. The number of likely N-dealkylation sites (N-methyl/N-ethyl adjacent to an activating group) is 1. The van der Waals surface area contributed by atoms with Crippen LogP contribution < -0.4 is 10.5 Å². The van der Waals surface area contributed by atoms with Crippen molar-refractivity contribution in [3.05, 3.63) is 50.6 Å². The molecule has 0 fully saturated rings. The van der Waals surface area contributed by atoms with E-state index in [1.54, 1.807) is 11.3 Å². The number of nitrogens with two attached hydrogens (primary N) is 1. The molecule has 0 spiro atoms. The van der Waals surface area contributed by atoms with Crippen molar-refractivity contribution in [2.24, 2.45) is 5.73 Å². The third-order valence-corrected chi connectivity index (χ3v) is 5.04. The average molecular weight is 369 g/mol. The average Bonchev–Trinajstić information content (AvgIpc) is 2.87. The van der Waals surface area contributed by atoms with Crippen LogP contribution >= 0.6 is 27.3 Å². The fraction of sp³-hybridized carbons (Fsp3) is 0.375. The van der Waals surface area contributed by atoms with Crippen LogP contribution in [0.15, 0.2) is 40.2 Å². The number of benzene rings is 1. The van der Waals surface area contributed by atoms with Crippen molar-refractivity contribution in [3.8, 4) is 5.75 Å². The first-order valence-corrected chi connectivity index (χ1v) is 8.67. The maximum atomic E-state index is 5.98. The van der Waals surface area contributed by atoms with Crippen LogP contribution in [-0.4, -0.2) is 25.1 Å². The van der Waals surface area contributed by atoms with Crippen molar-refractivity contribution in [2.45, 2.75) is 19.5 Å². The van der Waals surface area contributed by atoms with Crippen molar-refractivity contribution in [1.29, 1.82) is 0 Å². The quantitative estimate of drug-likeness (QED) is 0.801. The molecule has 0 aliphatic rings. The first-order chi connectivity index (χ1) is 10.1. The molecule has 0 saturated heterocycles. The van der Waals surface area contributed by atoms with Crippen LogP contribution in [0.3, 0.4) is 0 Å². The number of halogens is 1. The molecule has 5 heteroatoms. The van der Waals surface area contributed by atoms with E-state index in [1.807, 2.05) is 19.1 Å². The molecule has 1 atom stereocenters. The van der Waals surface area contributed by atoms with Crippen molar-refractivity contribution < 1.29 is 4.74 Å². The van der Waals surface area contributed by atoms with E-state index in [1.165, 1.54) is 10.4 Å². The summed E-state index contributed by atoms with van der Waals surface area (Å²) in [5.74, 6) is 0.905. The fourth-order valence-electron chi connectivity index (χ4n) is 2.32. The first kappa shape index (κ1) is 16.5. The Kier molecular flexibility index (Phi) is 6.23. The van der Waals surface area contributed by atoms with Crippen LogP contribution in [0.4, 0.5) is 0 Å². The SMILES string of the molecule is CCOc1ccc(C(CN)N(C)Cc2cc(Br)cs2)cc1. The van der Waals surface area contributed by atoms with Gasteiger partial charge in [0.1, 0.15) is 5.75 Å². The molecule has 0 radical (unpaired) electrons. The molecule has 1 aromatic carbocycles. The third kappa shape index (κ3) is 4.54. The van der Waals surface area contributed by atoms with Crippen LogP contribution in [0.2, 0.25) is 0 Å². The number of thiophene rings is 1. The van der Waals surface area contributed by atoms with Gasteiger partial charge in [-0.1, -0.05) is 12.1 Å². The highest BCUT2D eigenvalue weighted by Crippen LogP contribution is 2.26. The molecule has 3 nitrogen and oxygen atoms in total. The summed E-state index contributed by atoms with van der Waals surface area (Å²) in [7, 11) is 2.11. The molecule has 0 amide bonds. The van der Waals surface area contributed by atoms with E-state index in [4.69, 9.17) is 10.5 Å². The molecule has 0 saturated carbocycles. The molecule has 1 unspecified atom stereocenters. The lowest BCUT2D eigenvalue weighted by Crippen LogP contribution is -2.29. The lowest BCUT2D eigenvalue weighted by Gasteiger charge is -2.27. The Hall–Kier alpha value is -0.880. The van der Waals surface area contributed by atoms with Crippen molar-refractivity contribution in [2.75, 3.05) is 20.2 Å². The Bertz CT molecular complexity index is 556.